The highest BCUT2D eigenvalue weighted by atomic mass is 14.6. The third-order valence-corrected chi connectivity index (χ3v) is 8.55. The second-order valence-corrected chi connectivity index (χ2v) is 10.8. The molecule has 0 fully saturated rings. The summed E-state index contributed by atoms with van der Waals surface area (Å²) in [5, 5.41) is 0. The van der Waals surface area contributed by atoms with Gasteiger partial charge < -0.3 is 0 Å². The largest absolute Gasteiger partial charge is 0.0988 e. The SMILES string of the molecule is C=CC(C)=C(c1ccccc1)C(c1ccccc1C=CC)(C1(C=CC)C=CC=CC1)C1(C=CCC)C=CC=CC1. The summed E-state index contributed by atoms with van der Waals surface area (Å²) in [7, 11) is 0. The average molecular weight is 525 g/mol. The smallest absolute Gasteiger partial charge is 0.0473 e. The van der Waals surface area contributed by atoms with Crippen molar-refractivity contribution < 1.29 is 0 Å². The number of benzene rings is 2. The number of rotatable bonds is 10. The summed E-state index contributed by atoms with van der Waals surface area (Å²) in [5.41, 5.74) is 5.06. The molecular weight excluding hydrogens is 480 g/mol. The van der Waals surface area contributed by atoms with E-state index in [0.717, 1.165) is 19.3 Å². The van der Waals surface area contributed by atoms with E-state index in [4.69, 9.17) is 0 Å². The molecule has 0 heterocycles. The van der Waals surface area contributed by atoms with Crippen LogP contribution < -0.4 is 0 Å². The predicted octanol–water partition coefficient (Wildman–Crippen LogP) is 11.2. The number of hydrogen-bond donors (Lipinski definition) is 0. The normalized spacial score (nSPS) is 24.6. The lowest BCUT2D eigenvalue weighted by Gasteiger charge is -2.60. The van der Waals surface area contributed by atoms with Gasteiger partial charge in [0.1, 0.15) is 0 Å². The molecule has 2 aliphatic rings. The molecule has 0 saturated carbocycles. The first kappa shape index (κ1) is 29.1. The van der Waals surface area contributed by atoms with E-state index in [0.29, 0.717) is 0 Å². The second-order valence-electron chi connectivity index (χ2n) is 10.8. The molecule has 2 aliphatic carbocycles. The van der Waals surface area contributed by atoms with Gasteiger partial charge in [-0.25, -0.2) is 0 Å². The molecule has 204 valence electrons. The van der Waals surface area contributed by atoms with Crippen molar-refractivity contribution >= 4 is 11.6 Å². The average Bonchev–Trinajstić information content (AvgIpc) is 3.00. The first-order chi connectivity index (χ1) is 19.6. The van der Waals surface area contributed by atoms with E-state index in [1.165, 1.54) is 27.8 Å². The van der Waals surface area contributed by atoms with Crippen LogP contribution in [0.4, 0.5) is 0 Å². The van der Waals surface area contributed by atoms with Crippen LogP contribution in [-0.2, 0) is 5.41 Å². The van der Waals surface area contributed by atoms with Crippen molar-refractivity contribution in [2.45, 2.75) is 52.4 Å². The maximum Gasteiger partial charge on any atom is 0.0473 e. The van der Waals surface area contributed by atoms with Crippen LogP contribution >= 0.6 is 0 Å². The minimum atomic E-state index is -0.531. The van der Waals surface area contributed by atoms with E-state index in [1.54, 1.807) is 0 Å². The Balaban J connectivity index is 2.40. The summed E-state index contributed by atoms with van der Waals surface area (Å²) < 4.78 is 0. The maximum atomic E-state index is 4.34. The fourth-order valence-corrected chi connectivity index (χ4v) is 7.10. The molecule has 0 heteroatoms. The first-order valence-corrected chi connectivity index (χ1v) is 14.7. The summed E-state index contributed by atoms with van der Waals surface area (Å²) in [6.07, 6.45) is 37.4. The van der Waals surface area contributed by atoms with Crippen molar-refractivity contribution in [2.75, 3.05) is 0 Å². The Morgan fingerprint density at radius 1 is 0.825 bits per heavy atom. The van der Waals surface area contributed by atoms with Gasteiger partial charge in [0.15, 0.2) is 0 Å². The molecule has 3 atom stereocenters. The Hall–Kier alpha value is -3.90. The fraction of sp³-hybridized carbons (Fsp3) is 0.250. The Bertz CT molecular complexity index is 1420. The number of allylic oxidation sites excluding steroid dienone is 16. The van der Waals surface area contributed by atoms with Gasteiger partial charge in [-0.1, -0.05) is 159 Å². The predicted molar refractivity (Wildman–Crippen MR) is 177 cm³/mol. The minimum absolute atomic E-state index is 0.361. The van der Waals surface area contributed by atoms with Gasteiger partial charge in [-0.3, -0.25) is 0 Å². The van der Waals surface area contributed by atoms with Crippen LogP contribution in [0.5, 0.6) is 0 Å². The lowest BCUT2D eigenvalue weighted by molar-refractivity contribution is 0.176. The van der Waals surface area contributed by atoms with Gasteiger partial charge in [0.05, 0.1) is 0 Å². The van der Waals surface area contributed by atoms with Crippen molar-refractivity contribution in [1.82, 2.24) is 0 Å². The van der Waals surface area contributed by atoms with Crippen LogP contribution in [0, 0.1) is 10.8 Å². The Morgan fingerprint density at radius 2 is 1.45 bits per heavy atom. The molecule has 0 N–H and O–H groups in total. The van der Waals surface area contributed by atoms with Crippen molar-refractivity contribution in [2.24, 2.45) is 10.8 Å². The molecule has 40 heavy (non-hydrogen) atoms. The summed E-state index contributed by atoms with van der Waals surface area (Å²) in [6.45, 7) is 13.1. The van der Waals surface area contributed by atoms with Crippen molar-refractivity contribution in [3.8, 4) is 0 Å². The van der Waals surface area contributed by atoms with Crippen molar-refractivity contribution in [1.29, 1.82) is 0 Å². The molecule has 0 aliphatic heterocycles. The Morgan fingerprint density at radius 3 is 2.00 bits per heavy atom. The first-order valence-electron chi connectivity index (χ1n) is 14.7. The van der Waals surface area contributed by atoms with Gasteiger partial charge in [-0.2, -0.15) is 0 Å². The highest BCUT2D eigenvalue weighted by Gasteiger charge is 2.62. The zero-order valence-electron chi connectivity index (χ0n) is 24.7. The molecule has 2 aromatic carbocycles. The molecule has 0 amide bonds. The Labute approximate surface area is 242 Å². The zero-order chi connectivity index (χ0) is 28.5. The third kappa shape index (κ3) is 4.92. The van der Waals surface area contributed by atoms with Crippen LogP contribution in [0.3, 0.4) is 0 Å². The van der Waals surface area contributed by atoms with E-state index in [-0.39, 0.29) is 10.8 Å². The molecular formula is C40H44. The van der Waals surface area contributed by atoms with Gasteiger partial charge in [0, 0.05) is 16.2 Å². The highest BCUT2D eigenvalue weighted by molar-refractivity contribution is 5.85. The lowest BCUT2D eigenvalue weighted by atomic mass is 9.41. The number of hydrogen-bond acceptors (Lipinski definition) is 0. The molecule has 0 aromatic heterocycles. The summed E-state index contributed by atoms with van der Waals surface area (Å²) in [5.74, 6) is 0. The van der Waals surface area contributed by atoms with Gasteiger partial charge in [0.2, 0.25) is 0 Å². The van der Waals surface area contributed by atoms with Gasteiger partial charge in [-0.05, 0) is 67.9 Å². The van der Waals surface area contributed by atoms with Crippen molar-refractivity contribution in [3.05, 3.63) is 169 Å². The van der Waals surface area contributed by atoms with Crippen LogP contribution in [0.15, 0.2) is 152 Å². The topological polar surface area (TPSA) is 0 Å². The lowest BCUT2D eigenvalue weighted by Crippen LogP contribution is -2.56. The van der Waals surface area contributed by atoms with Crippen LogP contribution in [0.2, 0.25) is 0 Å². The fourth-order valence-electron chi connectivity index (χ4n) is 7.10. The molecule has 0 nitrogen and oxygen atoms in total. The van der Waals surface area contributed by atoms with E-state index >= 15 is 0 Å². The molecule has 2 aromatic rings. The summed E-state index contributed by atoms with van der Waals surface area (Å²) >= 11 is 0. The van der Waals surface area contributed by atoms with E-state index in [9.17, 15) is 0 Å². The zero-order valence-corrected chi connectivity index (χ0v) is 24.7. The monoisotopic (exact) mass is 524 g/mol. The van der Waals surface area contributed by atoms with Gasteiger partial charge in [-0.15, -0.1) is 0 Å². The van der Waals surface area contributed by atoms with Crippen molar-refractivity contribution in [3.63, 3.8) is 0 Å². The van der Waals surface area contributed by atoms with E-state index in [1.807, 2.05) is 0 Å². The minimum Gasteiger partial charge on any atom is -0.0988 e. The standard InChI is InChI=1S/C40H44/c1-6-10-28-39(31-20-13-21-32-39)40(36-26-17-16-23-34(36)22-7-2,38(27-8-3)29-18-12-19-30-38)37(33(5)9-4)35-24-14-11-15-25-35/h7-29,31H,4,6,30,32H2,1-3,5H3. The molecule has 0 radical (unpaired) electrons. The highest BCUT2D eigenvalue weighted by Crippen LogP contribution is 2.68. The molecule has 4 rings (SSSR count). The molecule has 3 unspecified atom stereocenters. The van der Waals surface area contributed by atoms with E-state index < -0.39 is 5.41 Å². The Kier molecular flexibility index (Phi) is 9.43. The quantitative estimate of drug-likeness (QED) is 0.214. The summed E-state index contributed by atoms with van der Waals surface area (Å²) in [4.78, 5) is 0. The second kappa shape index (κ2) is 13.0. The van der Waals surface area contributed by atoms with Crippen LogP contribution in [0.1, 0.15) is 63.6 Å². The van der Waals surface area contributed by atoms with Gasteiger partial charge >= 0.3 is 0 Å². The summed E-state index contributed by atoms with van der Waals surface area (Å²) in [6, 6.07) is 20.0. The third-order valence-electron chi connectivity index (χ3n) is 8.55. The maximum absolute atomic E-state index is 4.34. The van der Waals surface area contributed by atoms with Crippen LogP contribution in [0.25, 0.3) is 11.6 Å². The molecule has 0 bridgehead atoms. The van der Waals surface area contributed by atoms with Crippen LogP contribution in [-0.4, -0.2) is 0 Å². The molecule has 0 spiro atoms. The molecule has 0 saturated heterocycles. The van der Waals surface area contributed by atoms with E-state index in [2.05, 4.69) is 180 Å². The van der Waals surface area contributed by atoms with Gasteiger partial charge in [0.25, 0.3) is 0 Å².